The van der Waals surface area contributed by atoms with Gasteiger partial charge in [-0.1, -0.05) is 13.8 Å². The molecule has 4 heteroatoms. The topological polar surface area (TPSA) is 35.6 Å². The number of piperidine rings is 1. The Morgan fingerprint density at radius 3 is 2.41 bits per heavy atom. The maximum absolute atomic E-state index is 11.6. The van der Waals surface area contributed by atoms with Crippen LogP contribution in [-0.2, 0) is 4.79 Å². The highest BCUT2D eigenvalue weighted by molar-refractivity contribution is 5.77. The van der Waals surface area contributed by atoms with E-state index in [1.54, 1.807) is 4.90 Å². The van der Waals surface area contributed by atoms with Crippen LogP contribution in [0.4, 0.5) is 0 Å². The fraction of sp³-hybridized carbons (Fsp3) is 0.923. The average molecular weight is 241 g/mol. The number of likely N-dealkylation sites (tertiary alicyclic amines) is 1. The van der Waals surface area contributed by atoms with Crippen molar-refractivity contribution < 1.29 is 4.79 Å². The summed E-state index contributed by atoms with van der Waals surface area (Å²) in [6.07, 6.45) is 2.42. The van der Waals surface area contributed by atoms with E-state index >= 15 is 0 Å². The first-order chi connectivity index (χ1) is 7.99. The Morgan fingerprint density at radius 2 is 1.94 bits per heavy atom. The number of rotatable bonds is 5. The van der Waals surface area contributed by atoms with Crippen LogP contribution < -0.4 is 5.32 Å². The van der Waals surface area contributed by atoms with Crippen molar-refractivity contribution in [2.24, 2.45) is 5.92 Å². The summed E-state index contributed by atoms with van der Waals surface area (Å²) in [6.45, 7) is 8.19. The predicted molar refractivity (Wildman–Crippen MR) is 71.0 cm³/mol. The van der Waals surface area contributed by atoms with Gasteiger partial charge in [0.1, 0.15) is 0 Å². The van der Waals surface area contributed by atoms with E-state index in [-0.39, 0.29) is 5.91 Å². The molecule has 0 unspecified atom stereocenters. The highest BCUT2D eigenvalue weighted by Gasteiger charge is 2.21. The summed E-state index contributed by atoms with van der Waals surface area (Å²) in [6, 6.07) is 0.573. The Hall–Kier alpha value is -0.610. The van der Waals surface area contributed by atoms with E-state index in [1.807, 2.05) is 14.1 Å². The Balaban J connectivity index is 2.19. The first kappa shape index (κ1) is 14.5. The van der Waals surface area contributed by atoms with Crippen LogP contribution in [0.5, 0.6) is 0 Å². The first-order valence-corrected chi connectivity index (χ1v) is 6.65. The number of carbonyl (C=O) groups is 1. The van der Waals surface area contributed by atoms with Crippen molar-refractivity contribution in [2.75, 3.05) is 40.3 Å². The molecule has 1 aliphatic heterocycles. The second-order valence-electron chi connectivity index (χ2n) is 5.57. The fourth-order valence-electron chi connectivity index (χ4n) is 2.08. The van der Waals surface area contributed by atoms with Gasteiger partial charge in [-0.15, -0.1) is 0 Å². The van der Waals surface area contributed by atoms with Gasteiger partial charge in [0.2, 0.25) is 5.91 Å². The Labute approximate surface area is 105 Å². The van der Waals surface area contributed by atoms with Crippen molar-refractivity contribution in [2.45, 2.75) is 32.7 Å². The quantitative estimate of drug-likeness (QED) is 0.773. The molecule has 4 nitrogen and oxygen atoms in total. The monoisotopic (exact) mass is 241 g/mol. The zero-order valence-electron chi connectivity index (χ0n) is 11.7. The lowest BCUT2D eigenvalue weighted by Crippen LogP contribution is -2.43. The van der Waals surface area contributed by atoms with Gasteiger partial charge in [0, 0.05) is 20.1 Å². The van der Waals surface area contributed by atoms with Gasteiger partial charge in [-0.3, -0.25) is 9.69 Å². The van der Waals surface area contributed by atoms with E-state index in [9.17, 15) is 4.79 Å². The first-order valence-electron chi connectivity index (χ1n) is 6.65. The lowest BCUT2D eigenvalue weighted by molar-refractivity contribution is -0.130. The minimum Gasteiger partial charge on any atom is -0.348 e. The number of hydrogen-bond donors (Lipinski definition) is 1. The van der Waals surface area contributed by atoms with Gasteiger partial charge < -0.3 is 10.2 Å². The van der Waals surface area contributed by atoms with Crippen molar-refractivity contribution in [1.29, 1.82) is 0 Å². The van der Waals surface area contributed by atoms with Crippen LogP contribution in [0.3, 0.4) is 0 Å². The second kappa shape index (κ2) is 6.97. The third kappa shape index (κ3) is 5.50. The largest absolute Gasteiger partial charge is 0.348 e. The zero-order valence-corrected chi connectivity index (χ0v) is 11.7. The summed E-state index contributed by atoms with van der Waals surface area (Å²) in [5.74, 6) is 0.992. The van der Waals surface area contributed by atoms with E-state index < -0.39 is 0 Å². The number of hydrogen-bond acceptors (Lipinski definition) is 3. The van der Waals surface area contributed by atoms with Gasteiger partial charge in [-0.2, -0.15) is 0 Å². The molecule has 17 heavy (non-hydrogen) atoms. The van der Waals surface area contributed by atoms with Crippen LogP contribution >= 0.6 is 0 Å². The van der Waals surface area contributed by atoms with Crippen LogP contribution in [0.1, 0.15) is 26.7 Å². The van der Waals surface area contributed by atoms with Gasteiger partial charge in [0.05, 0.1) is 6.54 Å². The predicted octanol–water partition coefficient (Wildman–Crippen LogP) is 0.785. The standard InChI is InChI=1S/C13H27N3O/c1-11(2)14-9-12-5-7-16(8-6-12)10-13(17)15(3)4/h11-12,14H,5-10H2,1-4H3. The maximum atomic E-state index is 11.6. The Kier molecular flexibility index (Phi) is 5.92. The molecule has 1 N–H and O–H groups in total. The molecule has 1 rings (SSSR count). The number of nitrogens with one attached hydrogen (secondary N) is 1. The number of nitrogens with zero attached hydrogens (tertiary/aromatic N) is 2. The summed E-state index contributed by atoms with van der Waals surface area (Å²) in [4.78, 5) is 15.5. The molecule has 0 aromatic rings. The van der Waals surface area contributed by atoms with Gasteiger partial charge >= 0.3 is 0 Å². The molecule has 1 aliphatic rings. The van der Waals surface area contributed by atoms with Crippen molar-refractivity contribution in [3.63, 3.8) is 0 Å². The average Bonchev–Trinajstić information content (AvgIpc) is 2.28. The SMILES string of the molecule is CC(C)NCC1CCN(CC(=O)N(C)C)CC1. The third-order valence-corrected chi connectivity index (χ3v) is 3.38. The lowest BCUT2D eigenvalue weighted by Gasteiger charge is -2.32. The molecule has 0 bridgehead atoms. The molecule has 1 saturated heterocycles. The molecule has 0 aromatic carbocycles. The molecule has 0 radical (unpaired) electrons. The number of amides is 1. The van der Waals surface area contributed by atoms with E-state index in [4.69, 9.17) is 0 Å². The summed E-state index contributed by atoms with van der Waals surface area (Å²) in [7, 11) is 3.64. The number of likely N-dealkylation sites (N-methyl/N-ethyl adjacent to an activating group) is 1. The summed E-state index contributed by atoms with van der Waals surface area (Å²) >= 11 is 0. The molecule has 0 atom stereocenters. The molecule has 100 valence electrons. The third-order valence-electron chi connectivity index (χ3n) is 3.38. The van der Waals surface area contributed by atoms with Crippen LogP contribution in [0.25, 0.3) is 0 Å². The minimum atomic E-state index is 0.212. The highest BCUT2D eigenvalue weighted by Crippen LogP contribution is 2.16. The maximum Gasteiger partial charge on any atom is 0.236 e. The molecule has 0 aliphatic carbocycles. The van der Waals surface area contributed by atoms with Gasteiger partial charge in [0.25, 0.3) is 0 Å². The fourth-order valence-corrected chi connectivity index (χ4v) is 2.08. The minimum absolute atomic E-state index is 0.212. The number of carbonyl (C=O) groups excluding carboxylic acids is 1. The molecular weight excluding hydrogens is 214 g/mol. The summed E-state index contributed by atoms with van der Waals surface area (Å²) in [5, 5.41) is 3.50. The normalized spacial score (nSPS) is 18.6. The molecule has 0 aromatic heterocycles. The van der Waals surface area contributed by atoms with Crippen molar-refractivity contribution >= 4 is 5.91 Å². The second-order valence-corrected chi connectivity index (χ2v) is 5.57. The Bertz CT molecular complexity index is 233. The highest BCUT2D eigenvalue weighted by atomic mass is 16.2. The summed E-state index contributed by atoms with van der Waals surface area (Å²) < 4.78 is 0. The van der Waals surface area contributed by atoms with E-state index in [1.165, 1.54) is 12.8 Å². The van der Waals surface area contributed by atoms with Gasteiger partial charge in [-0.05, 0) is 38.4 Å². The smallest absolute Gasteiger partial charge is 0.236 e. The van der Waals surface area contributed by atoms with Crippen LogP contribution in [-0.4, -0.2) is 62.0 Å². The molecule has 1 amide bonds. The molecule has 1 fully saturated rings. The van der Waals surface area contributed by atoms with E-state index in [2.05, 4.69) is 24.1 Å². The lowest BCUT2D eigenvalue weighted by atomic mass is 9.96. The van der Waals surface area contributed by atoms with Gasteiger partial charge in [0.15, 0.2) is 0 Å². The van der Waals surface area contributed by atoms with E-state index in [0.717, 1.165) is 25.6 Å². The van der Waals surface area contributed by atoms with E-state index in [0.29, 0.717) is 12.6 Å². The summed E-state index contributed by atoms with van der Waals surface area (Å²) in [5.41, 5.74) is 0. The van der Waals surface area contributed by atoms with Crippen LogP contribution in [0.15, 0.2) is 0 Å². The van der Waals surface area contributed by atoms with Gasteiger partial charge in [-0.25, -0.2) is 0 Å². The van der Waals surface area contributed by atoms with Crippen LogP contribution in [0, 0.1) is 5.92 Å². The molecule has 0 spiro atoms. The Morgan fingerprint density at radius 1 is 1.35 bits per heavy atom. The van der Waals surface area contributed by atoms with Crippen molar-refractivity contribution in [3.05, 3.63) is 0 Å². The molecule has 1 heterocycles. The van der Waals surface area contributed by atoms with Crippen molar-refractivity contribution in [1.82, 2.24) is 15.1 Å². The van der Waals surface area contributed by atoms with Crippen LogP contribution in [0.2, 0.25) is 0 Å². The van der Waals surface area contributed by atoms with Crippen molar-refractivity contribution in [3.8, 4) is 0 Å². The zero-order chi connectivity index (χ0) is 12.8. The molecule has 0 saturated carbocycles. The molecular formula is C13H27N3O.